The minimum atomic E-state index is -0.794. The van der Waals surface area contributed by atoms with Crippen LogP contribution in [0.25, 0.3) is 0 Å². The van der Waals surface area contributed by atoms with Gasteiger partial charge in [0.25, 0.3) is 0 Å². The van der Waals surface area contributed by atoms with Crippen molar-refractivity contribution >= 4 is 5.97 Å². The van der Waals surface area contributed by atoms with Crippen LogP contribution in [0.1, 0.15) is 30.7 Å². The van der Waals surface area contributed by atoms with E-state index in [1.165, 1.54) is 13.2 Å². The number of benzene rings is 1. The van der Waals surface area contributed by atoms with Gasteiger partial charge in [-0.2, -0.15) is 0 Å². The van der Waals surface area contributed by atoms with Crippen LogP contribution in [-0.4, -0.2) is 23.3 Å². The number of carbonyl (C=O) groups is 1. The minimum absolute atomic E-state index is 0.0111. The van der Waals surface area contributed by atoms with Crippen LogP contribution in [0.4, 0.5) is 0 Å². The molecule has 0 amide bonds. The van der Waals surface area contributed by atoms with Gasteiger partial charge in [-0.1, -0.05) is 6.07 Å². The van der Waals surface area contributed by atoms with Crippen LogP contribution in [0.5, 0.6) is 11.5 Å². The van der Waals surface area contributed by atoms with Crippen LogP contribution >= 0.6 is 0 Å². The average molecular weight is 236 g/mol. The first kappa shape index (κ1) is 11.8. The molecule has 1 aliphatic carbocycles. The fraction of sp³-hybridized carbons (Fsp3) is 0.462. The summed E-state index contributed by atoms with van der Waals surface area (Å²) in [4.78, 5) is 10.9. The van der Waals surface area contributed by atoms with E-state index in [0.29, 0.717) is 11.7 Å². The highest BCUT2D eigenvalue weighted by atomic mass is 16.5. The molecule has 1 aromatic rings. The molecule has 1 aliphatic rings. The van der Waals surface area contributed by atoms with Crippen LogP contribution in [-0.2, 0) is 4.79 Å². The summed E-state index contributed by atoms with van der Waals surface area (Å²) in [7, 11) is 1.53. The van der Waals surface area contributed by atoms with E-state index in [-0.39, 0.29) is 18.1 Å². The molecule has 4 heteroatoms. The molecule has 0 spiro atoms. The highest BCUT2D eigenvalue weighted by Gasteiger charge is 2.35. The number of aromatic hydroxyl groups is 1. The summed E-state index contributed by atoms with van der Waals surface area (Å²) >= 11 is 0. The number of carboxylic acid groups (broad SMARTS) is 1. The third-order valence-corrected chi connectivity index (χ3v) is 3.20. The normalized spacial score (nSPS) is 16.5. The summed E-state index contributed by atoms with van der Waals surface area (Å²) in [5.41, 5.74) is 0.884. The van der Waals surface area contributed by atoms with E-state index in [1.807, 2.05) is 0 Å². The maximum absolute atomic E-state index is 10.9. The monoisotopic (exact) mass is 236 g/mol. The molecule has 0 radical (unpaired) electrons. The van der Waals surface area contributed by atoms with Gasteiger partial charge in [0.05, 0.1) is 13.5 Å². The summed E-state index contributed by atoms with van der Waals surface area (Å²) in [6.45, 7) is 0. The predicted molar refractivity (Wildman–Crippen MR) is 62.4 cm³/mol. The molecule has 0 bridgehead atoms. The topological polar surface area (TPSA) is 66.8 Å². The first-order valence-electron chi connectivity index (χ1n) is 5.70. The number of phenolic OH excluding ortho intramolecular Hbond substituents is 1. The zero-order chi connectivity index (χ0) is 12.4. The largest absolute Gasteiger partial charge is 0.508 e. The SMILES string of the molecule is COc1cc(O)ccc1C(CC(=O)O)C1CC1. The Morgan fingerprint density at radius 2 is 2.24 bits per heavy atom. The van der Waals surface area contributed by atoms with Crippen molar-refractivity contribution in [2.75, 3.05) is 7.11 Å². The Labute approximate surface area is 99.8 Å². The van der Waals surface area contributed by atoms with E-state index in [1.54, 1.807) is 12.1 Å². The summed E-state index contributed by atoms with van der Waals surface area (Å²) in [5.74, 6) is 0.336. The van der Waals surface area contributed by atoms with Crippen molar-refractivity contribution in [1.82, 2.24) is 0 Å². The Kier molecular flexibility index (Phi) is 3.22. The number of hydrogen-bond donors (Lipinski definition) is 2. The molecule has 1 saturated carbocycles. The summed E-state index contributed by atoms with van der Waals surface area (Å²) in [6.07, 6.45) is 2.26. The summed E-state index contributed by atoms with van der Waals surface area (Å²) in [6, 6.07) is 4.88. The fourth-order valence-electron chi connectivity index (χ4n) is 2.22. The van der Waals surface area contributed by atoms with Gasteiger partial charge < -0.3 is 14.9 Å². The fourth-order valence-corrected chi connectivity index (χ4v) is 2.22. The molecule has 17 heavy (non-hydrogen) atoms. The molecule has 1 unspecified atom stereocenters. The Bertz CT molecular complexity index is 423. The van der Waals surface area contributed by atoms with E-state index in [2.05, 4.69) is 0 Å². The van der Waals surface area contributed by atoms with E-state index < -0.39 is 5.97 Å². The van der Waals surface area contributed by atoms with Gasteiger partial charge in [0, 0.05) is 12.0 Å². The molecule has 2 N–H and O–H groups in total. The second-order valence-corrected chi connectivity index (χ2v) is 4.47. The molecule has 4 nitrogen and oxygen atoms in total. The number of ether oxygens (including phenoxy) is 1. The first-order valence-corrected chi connectivity index (χ1v) is 5.70. The summed E-state index contributed by atoms with van der Waals surface area (Å²) in [5, 5.41) is 18.3. The zero-order valence-corrected chi connectivity index (χ0v) is 9.72. The number of rotatable bonds is 5. The lowest BCUT2D eigenvalue weighted by Gasteiger charge is -2.17. The molecular formula is C13H16O4. The van der Waals surface area contributed by atoms with E-state index in [9.17, 15) is 9.90 Å². The smallest absolute Gasteiger partial charge is 0.303 e. The van der Waals surface area contributed by atoms with Crippen molar-refractivity contribution < 1.29 is 19.7 Å². The second-order valence-electron chi connectivity index (χ2n) is 4.47. The van der Waals surface area contributed by atoms with Gasteiger partial charge in [0.2, 0.25) is 0 Å². The quantitative estimate of drug-likeness (QED) is 0.823. The maximum Gasteiger partial charge on any atom is 0.303 e. The lowest BCUT2D eigenvalue weighted by Crippen LogP contribution is -2.09. The molecule has 0 saturated heterocycles. The molecular weight excluding hydrogens is 220 g/mol. The number of phenols is 1. The minimum Gasteiger partial charge on any atom is -0.508 e. The lowest BCUT2D eigenvalue weighted by molar-refractivity contribution is -0.137. The number of aliphatic carboxylic acids is 1. The highest BCUT2D eigenvalue weighted by molar-refractivity contribution is 5.68. The Morgan fingerprint density at radius 3 is 2.76 bits per heavy atom. The van der Waals surface area contributed by atoms with Crippen molar-refractivity contribution in [2.45, 2.75) is 25.2 Å². The Morgan fingerprint density at radius 1 is 1.53 bits per heavy atom. The van der Waals surface area contributed by atoms with Gasteiger partial charge in [-0.25, -0.2) is 0 Å². The standard InChI is InChI=1S/C13H16O4/c1-17-12-6-9(14)4-5-10(12)11(7-13(15)16)8-2-3-8/h4-6,8,11,14H,2-3,7H2,1H3,(H,15,16). The molecule has 0 aromatic heterocycles. The molecule has 1 fully saturated rings. The zero-order valence-electron chi connectivity index (χ0n) is 9.72. The van der Waals surface area contributed by atoms with Crippen molar-refractivity contribution in [3.05, 3.63) is 23.8 Å². The van der Waals surface area contributed by atoms with Crippen molar-refractivity contribution in [2.24, 2.45) is 5.92 Å². The highest BCUT2D eigenvalue weighted by Crippen LogP contribution is 2.47. The molecule has 1 aromatic carbocycles. The second kappa shape index (κ2) is 4.65. The van der Waals surface area contributed by atoms with Crippen LogP contribution in [0.2, 0.25) is 0 Å². The van der Waals surface area contributed by atoms with Crippen molar-refractivity contribution in [3.8, 4) is 11.5 Å². The number of hydrogen-bond acceptors (Lipinski definition) is 3. The predicted octanol–water partition coefficient (Wildman–Crippen LogP) is 2.37. The van der Waals surface area contributed by atoms with E-state index >= 15 is 0 Å². The third kappa shape index (κ3) is 2.70. The van der Waals surface area contributed by atoms with E-state index in [0.717, 1.165) is 18.4 Å². The van der Waals surface area contributed by atoms with Gasteiger partial charge in [0.1, 0.15) is 11.5 Å². The maximum atomic E-state index is 10.9. The first-order chi connectivity index (χ1) is 8.11. The Balaban J connectivity index is 2.31. The Hall–Kier alpha value is -1.71. The van der Waals surface area contributed by atoms with Gasteiger partial charge in [-0.05, 0) is 30.4 Å². The number of carboxylic acids is 1. The van der Waals surface area contributed by atoms with Crippen molar-refractivity contribution in [3.63, 3.8) is 0 Å². The van der Waals surface area contributed by atoms with Crippen LogP contribution in [0.3, 0.4) is 0 Å². The third-order valence-electron chi connectivity index (χ3n) is 3.20. The molecule has 2 rings (SSSR count). The van der Waals surface area contributed by atoms with Crippen LogP contribution in [0, 0.1) is 5.92 Å². The van der Waals surface area contributed by atoms with Crippen molar-refractivity contribution in [1.29, 1.82) is 0 Å². The summed E-state index contributed by atoms with van der Waals surface area (Å²) < 4.78 is 5.21. The van der Waals surface area contributed by atoms with Gasteiger partial charge in [-0.3, -0.25) is 4.79 Å². The number of methoxy groups -OCH3 is 1. The van der Waals surface area contributed by atoms with Crippen LogP contribution < -0.4 is 4.74 Å². The molecule has 92 valence electrons. The van der Waals surface area contributed by atoms with Gasteiger partial charge in [0.15, 0.2) is 0 Å². The van der Waals surface area contributed by atoms with E-state index in [4.69, 9.17) is 9.84 Å². The molecule has 0 aliphatic heterocycles. The lowest BCUT2D eigenvalue weighted by atomic mass is 9.90. The van der Waals surface area contributed by atoms with Gasteiger partial charge in [-0.15, -0.1) is 0 Å². The van der Waals surface area contributed by atoms with Crippen LogP contribution in [0.15, 0.2) is 18.2 Å². The molecule has 0 heterocycles. The van der Waals surface area contributed by atoms with Gasteiger partial charge >= 0.3 is 5.97 Å². The molecule has 1 atom stereocenters. The average Bonchev–Trinajstić information content (AvgIpc) is 3.09.